The summed E-state index contributed by atoms with van der Waals surface area (Å²) in [6.45, 7) is 0. The van der Waals surface area contributed by atoms with Crippen LogP contribution in [-0.4, -0.2) is 24.2 Å². The van der Waals surface area contributed by atoms with Gasteiger partial charge in [-0.2, -0.15) is 5.26 Å². The van der Waals surface area contributed by atoms with Crippen LogP contribution in [0.1, 0.15) is 19.3 Å². The number of halogens is 1. The standard InChI is InChI=1S/C7H10BrNO2S/c1-12(10,11)6-3-2-4-7(6,8)5-9/h6H,2-4H2,1H3. The highest BCUT2D eigenvalue weighted by atomic mass is 79.9. The number of nitriles is 1. The van der Waals surface area contributed by atoms with Crippen molar-refractivity contribution in [2.75, 3.05) is 6.26 Å². The smallest absolute Gasteiger partial charge is 0.152 e. The molecule has 0 amide bonds. The molecule has 0 aliphatic heterocycles. The van der Waals surface area contributed by atoms with Crippen molar-refractivity contribution >= 4 is 25.8 Å². The minimum atomic E-state index is -3.09. The van der Waals surface area contributed by atoms with Crippen LogP contribution in [0.3, 0.4) is 0 Å². The molecule has 1 saturated carbocycles. The van der Waals surface area contributed by atoms with Crippen molar-refractivity contribution in [1.29, 1.82) is 5.26 Å². The molecule has 0 N–H and O–H groups in total. The van der Waals surface area contributed by atoms with Crippen molar-refractivity contribution in [2.24, 2.45) is 0 Å². The highest BCUT2D eigenvalue weighted by molar-refractivity contribution is 9.10. The Hall–Kier alpha value is -0.0800. The summed E-state index contributed by atoms with van der Waals surface area (Å²) in [5.74, 6) is 0. The summed E-state index contributed by atoms with van der Waals surface area (Å²) < 4.78 is 21.6. The summed E-state index contributed by atoms with van der Waals surface area (Å²) in [5, 5.41) is 8.27. The molecule has 0 radical (unpaired) electrons. The van der Waals surface area contributed by atoms with Crippen molar-refractivity contribution in [2.45, 2.75) is 28.8 Å². The van der Waals surface area contributed by atoms with Gasteiger partial charge in [-0.15, -0.1) is 0 Å². The van der Waals surface area contributed by atoms with Crippen molar-refractivity contribution in [3.05, 3.63) is 0 Å². The lowest BCUT2D eigenvalue weighted by Crippen LogP contribution is -2.35. The van der Waals surface area contributed by atoms with Crippen LogP contribution < -0.4 is 0 Å². The molecule has 3 nitrogen and oxygen atoms in total. The Kier molecular flexibility index (Phi) is 2.50. The molecule has 0 aromatic carbocycles. The lowest BCUT2D eigenvalue weighted by Gasteiger charge is -2.19. The van der Waals surface area contributed by atoms with Gasteiger partial charge in [0.1, 0.15) is 4.32 Å². The van der Waals surface area contributed by atoms with E-state index in [2.05, 4.69) is 15.9 Å². The maximum atomic E-state index is 11.2. The number of alkyl halides is 1. The Morgan fingerprint density at radius 3 is 2.58 bits per heavy atom. The van der Waals surface area contributed by atoms with Gasteiger partial charge in [0.15, 0.2) is 9.84 Å². The zero-order valence-corrected chi connectivity index (χ0v) is 9.15. The van der Waals surface area contributed by atoms with E-state index in [9.17, 15) is 8.42 Å². The molecular formula is C7H10BrNO2S. The molecule has 2 atom stereocenters. The van der Waals surface area contributed by atoms with Gasteiger partial charge in [0.25, 0.3) is 0 Å². The number of sulfone groups is 1. The SMILES string of the molecule is CS(=O)(=O)C1CCCC1(Br)C#N. The highest BCUT2D eigenvalue weighted by Crippen LogP contribution is 2.40. The average Bonchev–Trinajstić information content (AvgIpc) is 2.31. The van der Waals surface area contributed by atoms with Crippen LogP contribution in [0.2, 0.25) is 0 Å². The molecule has 0 spiro atoms. The Balaban J connectivity index is 3.02. The quantitative estimate of drug-likeness (QED) is 0.660. The number of rotatable bonds is 1. The van der Waals surface area contributed by atoms with Crippen LogP contribution in [0.25, 0.3) is 0 Å². The van der Waals surface area contributed by atoms with E-state index in [1.54, 1.807) is 0 Å². The minimum Gasteiger partial charge on any atom is -0.229 e. The van der Waals surface area contributed by atoms with Gasteiger partial charge in [-0.05, 0) is 19.3 Å². The Labute approximate surface area is 80.8 Å². The van der Waals surface area contributed by atoms with Crippen LogP contribution in [-0.2, 0) is 9.84 Å². The van der Waals surface area contributed by atoms with Crippen molar-refractivity contribution < 1.29 is 8.42 Å². The molecule has 1 rings (SSSR count). The zero-order valence-electron chi connectivity index (χ0n) is 6.75. The first kappa shape index (κ1) is 10.0. The molecule has 0 saturated heterocycles. The topological polar surface area (TPSA) is 57.9 Å². The summed E-state index contributed by atoms with van der Waals surface area (Å²) in [5.41, 5.74) is 0. The lowest BCUT2D eigenvalue weighted by atomic mass is 10.1. The zero-order chi connectivity index (χ0) is 9.41. The van der Waals surface area contributed by atoms with Crippen LogP contribution in [0, 0.1) is 11.3 Å². The third-order valence-corrected chi connectivity index (χ3v) is 5.32. The molecule has 1 aliphatic rings. The molecule has 2 unspecified atom stereocenters. The summed E-state index contributed by atoms with van der Waals surface area (Å²) in [6.07, 6.45) is 3.21. The van der Waals surface area contributed by atoms with E-state index in [0.717, 1.165) is 6.42 Å². The normalized spacial score (nSPS) is 36.2. The summed E-state index contributed by atoms with van der Waals surface area (Å²) in [4.78, 5) is 0. The van der Waals surface area contributed by atoms with E-state index in [-0.39, 0.29) is 0 Å². The van der Waals surface area contributed by atoms with Gasteiger partial charge in [-0.3, -0.25) is 0 Å². The van der Waals surface area contributed by atoms with E-state index < -0.39 is 19.4 Å². The summed E-state index contributed by atoms with van der Waals surface area (Å²) in [6, 6.07) is 2.03. The molecule has 5 heteroatoms. The molecule has 1 aliphatic carbocycles. The van der Waals surface area contributed by atoms with Crippen LogP contribution in [0.5, 0.6) is 0 Å². The molecule has 68 valence electrons. The van der Waals surface area contributed by atoms with Crippen molar-refractivity contribution in [3.8, 4) is 6.07 Å². The van der Waals surface area contributed by atoms with Gasteiger partial charge in [-0.25, -0.2) is 8.42 Å². The summed E-state index contributed by atoms with van der Waals surface area (Å²) in [7, 11) is -3.09. The second kappa shape index (κ2) is 3.00. The van der Waals surface area contributed by atoms with Gasteiger partial charge < -0.3 is 0 Å². The maximum absolute atomic E-state index is 11.2. The van der Waals surface area contributed by atoms with Crippen LogP contribution >= 0.6 is 15.9 Å². The van der Waals surface area contributed by atoms with E-state index in [0.29, 0.717) is 12.8 Å². The van der Waals surface area contributed by atoms with Gasteiger partial charge in [0.05, 0.1) is 11.3 Å². The molecular weight excluding hydrogens is 242 g/mol. The number of hydrogen-bond acceptors (Lipinski definition) is 3. The fourth-order valence-corrected chi connectivity index (χ4v) is 4.59. The third-order valence-electron chi connectivity index (χ3n) is 2.22. The van der Waals surface area contributed by atoms with E-state index in [4.69, 9.17) is 5.26 Å². The maximum Gasteiger partial charge on any atom is 0.152 e. The van der Waals surface area contributed by atoms with Gasteiger partial charge >= 0.3 is 0 Å². The minimum absolute atomic E-state index is 0.532. The molecule has 0 aromatic rings. The Morgan fingerprint density at radius 1 is 1.67 bits per heavy atom. The van der Waals surface area contributed by atoms with Gasteiger partial charge in [-0.1, -0.05) is 15.9 Å². The second-order valence-electron chi connectivity index (χ2n) is 3.18. The molecule has 0 bridgehead atoms. The molecule has 0 aromatic heterocycles. The van der Waals surface area contributed by atoms with E-state index in [1.807, 2.05) is 6.07 Å². The van der Waals surface area contributed by atoms with Crippen LogP contribution in [0.15, 0.2) is 0 Å². The fraction of sp³-hybridized carbons (Fsp3) is 0.857. The monoisotopic (exact) mass is 251 g/mol. The largest absolute Gasteiger partial charge is 0.229 e. The lowest BCUT2D eigenvalue weighted by molar-refractivity contribution is 0.580. The van der Waals surface area contributed by atoms with Crippen molar-refractivity contribution in [3.63, 3.8) is 0 Å². The van der Waals surface area contributed by atoms with E-state index in [1.165, 1.54) is 6.26 Å². The van der Waals surface area contributed by atoms with Crippen molar-refractivity contribution in [1.82, 2.24) is 0 Å². The molecule has 12 heavy (non-hydrogen) atoms. The number of hydrogen-bond donors (Lipinski definition) is 0. The predicted octanol–water partition coefficient (Wildman–Crippen LogP) is 1.24. The Bertz CT molecular complexity index is 319. The molecule has 1 fully saturated rings. The van der Waals surface area contributed by atoms with E-state index >= 15 is 0 Å². The Morgan fingerprint density at radius 2 is 2.25 bits per heavy atom. The van der Waals surface area contributed by atoms with Gasteiger partial charge in [0.2, 0.25) is 0 Å². The summed E-state index contributed by atoms with van der Waals surface area (Å²) >= 11 is 3.21. The predicted molar refractivity (Wildman–Crippen MR) is 49.8 cm³/mol. The fourth-order valence-electron chi connectivity index (χ4n) is 1.62. The first-order valence-corrected chi connectivity index (χ1v) is 6.44. The van der Waals surface area contributed by atoms with Crippen LogP contribution in [0.4, 0.5) is 0 Å². The molecule has 0 heterocycles. The second-order valence-corrected chi connectivity index (χ2v) is 6.83. The third kappa shape index (κ3) is 1.64. The average molecular weight is 252 g/mol. The number of nitrogens with zero attached hydrogens (tertiary/aromatic N) is 1. The van der Waals surface area contributed by atoms with Gasteiger partial charge in [0, 0.05) is 6.26 Å². The highest BCUT2D eigenvalue weighted by Gasteiger charge is 2.46. The first-order valence-electron chi connectivity index (χ1n) is 3.69. The first-order chi connectivity index (χ1) is 5.40.